The van der Waals surface area contributed by atoms with Crippen molar-refractivity contribution < 1.29 is 9.18 Å². The van der Waals surface area contributed by atoms with Crippen molar-refractivity contribution in [2.75, 3.05) is 10.6 Å². The molecule has 2 amide bonds. The van der Waals surface area contributed by atoms with Crippen LogP contribution in [0.1, 0.15) is 5.56 Å². The molecule has 0 bridgehead atoms. The summed E-state index contributed by atoms with van der Waals surface area (Å²) in [5.41, 5.74) is 0.421. The normalized spacial score (nSPS) is 10.6. The monoisotopic (exact) mass is 400 g/mol. The SMILES string of the molecule is O=C(Nc1cccs1)Nc1nnc(SCc2c(F)cccc2Cl)s1. The lowest BCUT2D eigenvalue weighted by Gasteiger charge is -2.03. The number of amides is 2. The van der Waals surface area contributed by atoms with Crippen LogP contribution in [0, 0.1) is 5.82 Å². The largest absolute Gasteiger partial charge is 0.326 e. The molecule has 0 aliphatic heterocycles. The fourth-order valence-electron chi connectivity index (χ4n) is 1.71. The molecule has 0 aliphatic rings. The third kappa shape index (κ3) is 4.44. The topological polar surface area (TPSA) is 66.9 Å². The summed E-state index contributed by atoms with van der Waals surface area (Å²) >= 11 is 9.92. The molecule has 0 radical (unpaired) electrons. The van der Waals surface area contributed by atoms with Crippen LogP contribution in [-0.4, -0.2) is 16.2 Å². The second kappa shape index (κ2) is 7.93. The average Bonchev–Trinajstić information content (AvgIpc) is 3.19. The highest BCUT2D eigenvalue weighted by molar-refractivity contribution is 8.00. The maximum Gasteiger partial charge on any atom is 0.326 e. The van der Waals surface area contributed by atoms with Crippen molar-refractivity contribution >= 4 is 62.2 Å². The quantitative estimate of drug-likeness (QED) is 0.448. The number of benzene rings is 1. The zero-order chi connectivity index (χ0) is 16.9. The van der Waals surface area contributed by atoms with E-state index in [1.54, 1.807) is 18.2 Å². The van der Waals surface area contributed by atoms with Gasteiger partial charge in [0.15, 0.2) is 4.34 Å². The Labute approximate surface area is 154 Å². The number of aromatic nitrogens is 2. The van der Waals surface area contributed by atoms with Crippen molar-refractivity contribution in [3.05, 3.63) is 52.1 Å². The number of urea groups is 1. The number of anilines is 2. The van der Waals surface area contributed by atoms with Gasteiger partial charge in [-0.05, 0) is 29.6 Å². The first-order valence-corrected chi connectivity index (χ1v) is 9.68. The maximum absolute atomic E-state index is 13.7. The van der Waals surface area contributed by atoms with E-state index in [1.807, 2.05) is 11.4 Å². The van der Waals surface area contributed by atoms with Crippen LogP contribution in [0.15, 0.2) is 40.1 Å². The fourth-order valence-corrected chi connectivity index (χ4v) is 4.42. The van der Waals surface area contributed by atoms with Crippen molar-refractivity contribution in [3.63, 3.8) is 0 Å². The fraction of sp³-hybridized carbons (Fsp3) is 0.0714. The summed E-state index contributed by atoms with van der Waals surface area (Å²) in [6.07, 6.45) is 0. The number of nitrogens with one attached hydrogen (secondary N) is 2. The zero-order valence-corrected chi connectivity index (χ0v) is 15.2. The predicted molar refractivity (Wildman–Crippen MR) is 97.8 cm³/mol. The van der Waals surface area contributed by atoms with Crippen LogP contribution in [0.5, 0.6) is 0 Å². The molecule has 24 heavy (non-hydrogen) atoms. The second-order valence-corrected chi connectivity index (χ2v) is 7.97. The van der Waals surface area contributed by atoms with Crippen molar-refractivity contribution in [1.29, 1.82) is 0 Å². The molecule has 2 N–H and O–H groups in total. The van der Waals surface area contributed by atoms with Gasteiger partial charge in [0, 0.05) is 16.3 Å². The summed E-state index contributed by atoms with van der Waals surface area (Å²) in [4.78, 5) is 11.8. The molecule has 124 valence electrons. The molecule has 5 nitrogen and oxygen atoms in total. The predicted octanol–water partition coefficient (Wildman–Crippen LogP) is 5.33. The highest BCUT2D eigenvalue weighted by Crippen LogP contribution is 2.31. The molecule has 0 fully saturated rings. The Morgan fingerprint density at radius 3 is 2.88 bits per heavy atom. The Morgan fingerprint density at radius 1 is 1.25 bits per heavy atom. The molecular weight excluding hydrogens is 391 g/mol. The molecule has 0 atom stereocenters. The van der Waals surface area contributed by atoms with Gasteiger partial charge in [0.05, 0.1) is 5.00 Å². The molecular formula is C14H10ClFN4OS3. The lowest BCUT2D eigenvalue weighted by Crippen LogP contribution is -2.18. The number of hydrogen-bond acceptors (Lipinski definition) is 6. The molecule has 0 unspecified atom stereocenters. The van der Waals surface area contributed by atoms with Gasteiger partial charge in [-0.3, -0.25) is 10.6 Å². The van der Waals surface area contributed by atoms with Crippen LogP contribution in [0.2, 0.25) is 5.02 Å². The van der Waals surface area contributed by atoms with Gasteiger partial charge in [-0.1, -0.05) is 40.8 Å². The Morgan fingerprint density at radius 2 is 2.12 bits per heavy atom. The number of carbonyl (C=O) groups excluding carboxylic acids is 1. The molecule has 0 aliphatic carbocycles. The Kier molecular flexibility index (Phi) is 5.67. The maximum atomic E-state index is 13.7. The van der Waals surface area contributed by atoms with Crippen molar-refractivity contribution in [3.8, 4) is 0 Å². The minimum Gasteiger partial charge on any atom is -0.299 e. The molecule has 0 spiro atoms. The summed E-state index contributed by atoms with van der Waals surface area (Å²) in [6.45, 7) is 0. The van der Waals surface area contributed by atoms with E-state index in [9.17, 15) is 9.18 Å². The van der Waals surface area contributed by atoms with E-state index in [1.165, 1.54) is 40.5 Å². The Balaban J connectivity index is 1.56. The van der Waals surface area contributed by atoms with E-state index in [-0.39, 0.29) is 11.8 Å². The molecule has 0 saturated carbocycles. The number of halogens is 2. The van der Waals surface area contributed by atoms with Crippen molar-refractivity contribution in [2.24, 2.45) is 0 Å². The van der Waals surface area contributed by atoms with Gasteiger partial charge in [-0.15, -0.1) is 21.5 Å². The molecule has 10 heteroatoms. The summed E-state index contributed by atoms with van der Waals surface area (Å²) in [7, 11) is 0. The van der Waals surface area contributed by atoms with Crippen molar-refractivity contribution in [1.82, 2.24) is 10.2 Å². The molecule has 2 aromatic heterocycles. The third-order valence-corrected chi connectivity index (χ3v) is 5.92. The van der Waals surface area contributed by atoms with Crippen LogP contribution in [0.25, 0.3) is 0 Å². The lowest BCUT2D eigenvalue weighted by atomic mass is 10.2. The summed E-state index contributed by atoms with van der Waals surface area (Å²) in [5, 5.41) is 16.5. The van der Waals surface area contributed by atoms with E-state index in [2.05, 4.69) is 20.8 Å². The summed E-state index contributed by atoms with van der Waals surface area (Å²) in [5.74, 6) is -0.0187. The van der Waals surface area contributed by atoms with E-state index < -0.39 is 0 Å². The van der Waals surface area contributed by atoms with Crippen LogP contribution >= 0.6 is 46.0 Å². The van der Waals surface area contributed by atoms with Crippen LogP contribution in [-0.2, 0) is 5.75 Å². The van der Waals surface area contributed by atoms with Gasteiger partial charge in [0.25, 0.3) is 0 Å². The molecule has 1 aromatic carbocycles. The number of rotatable bonds is 5. The van der Waals surface area contributed by atoms with Crippen LogP contribution < -0.4 is 10.6 Å². The smallest absolute Gasteiger partial charge is 0.299 e. The van der Waals surface area contributed by atoms with Gasteiger partial charge < -0.3 is 0 Å². The number of thiophene rings is 1. The minimum atomic E-state index is -0.387. The van der Waals surface area contributed by atoms with E-state index in [0.29, 0.717) is 25.8 Å². The zero-order valence-electron chi connectivity index (χ0n) is 12.0. The number of hydrogen-bond donors (Lipinski definition) is 2. The highest BCUT2D eigenvalue weighted by Gasteiger charge is 2.12. The summed E-state index contributed by atoms with van der Waals surface area (Å²) in [6, 6.07) is 7.82. The van der Waals surface area contributed by atoms with Crippen LogP contribution in [0.4, 0.5) is 19.3 Å². The molecule has 3 aromatic rings. The van der Waals surface area contributed by atoms with Gasteiger partial charge >= 0.3 is 6.03 Å². The third-order valence-electron chi connectivity index (χ3n) is 2.79. The Hall–Kier alpha value is -1.68. The first-order valence-electron chi connectivity index (χ1n) is 6.62. The Bertz CT molecular complexity index is 820. The van der Waals surface area contributed by atoms with Crippen LogP contribution in [0.3, 0.4) is 0 Å². The van der Waals surface area contributed by atoms with Gasteiger partial charge in [0.1, 0.15) is 5.82 Å². The number of nitrogens with zero attached hydrogens (tertiary/aromatic N) is 2. The van der Waals surface area contributed by atoms with Gasteiger partial charge in [-0.25, -0.2) is 9.18 Å². The van der Waals surface area contributed by atoms with Crippen molar-refractivity contribution in [2.45, 2.75) is 10.1 Å². The van der Waals surface area contributed by atoms with Gasteiger partial charge in [0.2, 0.25) is 5.13 Å². The molecule has 2 heterocycles. The summed E-state index contributed by atoms with van der Waals surface area (Å²) < 4.78 is 14.3. The van der Waals surface area contributed by atoms with E-state index in [0.717, 1.165) is 5.00 Å². The standard InChI is InChI=1S/C14H10ClFN4OS3/c15-9-3-1-4-10(16)8(9)7-23-14-20-19-13(24-14)18-12(21)17-11-5-2-6-22-11/h1-6H,7H2,(H2,17,18,19,21). The van der Waals surface area contributed by atoms with E-state index in [4.69, 9.17) is 11.6 Å². The minimum absolute atomic E-state index is 0.335. The first kappa shape index (κ1) is 17.2. The highest BCUT2D eigenvalue weighted by atomic mass is 35.5. The lowest BCUT2D eigenvalue weighted by molar-refractivity contribution is 0.262. The van der Waals surface area contributed by atoms with E-state index >= 15 is 0 Å². The second-order valence-electron chi connectivity index (χ2n) is 4.42. The molecule has 0 saturated heterocycles. The van der Waals surface area contributed by atoms with Gasteiger partial charge in [-0.2, -0.15) is 0 Å². The first-order chi connectivity index (χ1) is 11.6. The number of thioether (sulfide) groups is 1. The number of carbonyl (C=O) groups is 1. The molecule has 3 rings (SSSR count). The average molecular weight is 401 g/mol.